The highest BCUT2D eigenvalue weighted by molar-refractivity contribution is 9.10. The van der Waals surface area contributed by atoms with Crippen molar-refractivity contribution >= 4 is 33.4 Å². The number of nitrogens with zero attached hydrogens (tertiary/aromatic N) is 1. The number of nitrogens with one attached hydrogen (secondary N) is 1. The molecule has 0 unspecified atom stereocenters. The summed E-state index contributed by atoms with van der Waals surface area (Å²) in [6, 6.07) is 12.2. The van der Waals surface area contributed by atoms with Gasteiger partial charge in [-0.15, -0.1) is 0 Å². The van der Waals surface area contributed by atoms with Crippen LogP contribution in [0.5, 0.6) is 0 Å². The second-order valence-corrected chi connectivity index (χ2v) is 5.35. The quantitative estimate of drug-likeness (QED) is 0.345. The van der Waals surface area contributed by atoms with Crippen molar-refractivity contribution in [1.82, 2.24) is 0 Å². The number of aryl methyl sites for hydroxylation is 1. The summed E-state index contributed by atoms with van der Waals surface area (Å²) in [5.41, 5.74) is 8.27. The van der Waals surface area contributed by atoms with Gasteiger partial charge in [-0.1, -0.05) is 23.4 Å². The van der Waals surface area contributed by atoms with Crippen LogP contribution in [-0.4, -0.2) is 17.0 Å². The van der Waals surface area contributed by atoms with E-state index < -0.39 is 0 Å². The van der Waals surface area contributed by atoms with Crippen molar-refractivity contribution < 1.29 is 10.0 Å². The molecule has 0 fully saturated rings. The van der Waals surface area contributed by atoms with E-state index in [1.165, 1.54) is 0 Å². The number of carbonyl (C=O) groups is 1. The molecule has 0 saturated carbocycles. The molecule has 0 heterocycles. The molecule has 0 spiro atoms. The van der Waals surface area contributed by atoms with Crippen molar-refractivity contribution in [2.75, 3.05) is 5.32 Å². The molecule has 0 bridgehead atoms. The Morgan fingerprint density at radius 2 is 1.81 bits per heavy atom. The topological polar surface area (TPSA) is 87.7 Å². The number of hydrogen-bond donors (Lipinski definition) is 3. The molecule has 2 aromatic carbocycles. The molecule has 0 atom stereocenters. The smallest absolute Gasteiger partial charge is 0.255 e. The monoisotopic (exact) mass is 347 g/mol. The third kappa shape index (κ3) is 3.61. The minimum atomic E-state index is -0.229. The number of benzene rings is 2. The fourth-order valence-electron chi connectivity index (χ4n) is 1.78. The molecule has 0 aliphatic carbocycles. The molecule has 0 radical (unpaired) electrons. The first-order valence-corrected chi connectivity index (χ1v) is 6.96. The second-order valence-electron chi connectivity index (χ2n) is 4.50. The predicted molar refractivity (Wildman–Crippen MR) is 85.8 cm³/mol. The molecular weight excluding hydrogens is 334 g/mol. The van der Waals surface area contributed by atoms with E-state index in [-0.39, 0.29) is 11.7 Å². The van der Waals surface area contributed by atoms with Crippen molar-refractivity contribution in [1.29, 1.82) is 0 Å². The number of oxime groups is 1. The number of anilines is 1. The van der Waals surface area contributed by atoms with E-state index in [4.69, 9.17) is 10.9 Å². The van der Waals surface area contributed by atoms with E-state index in [1.54, 1.807) is 24.3 Å². The summed E-state index contributed by atoms with van der Waals surface area (Å²) in [7, 11) is 0. The minimum absolute atomic E-state index is 0.00314. The summed E-state index contributed by atoms with van der Waals surface area (Å²) in [5, 5.41) is 14.3. The van der Waals surface area contributed by atoms with Gasteiger partial charge in [0, 0.05) is 15.6 Å². The Labute approximate surface area is 130 Å². The molecule has 2 aromatic rings. The normalized spacial score (nSPS) is 11.2. The average Bonchev–Trinajstić information content (AvgIpc) is 2.50. The van der Waals surface area contributed by atoms with E-state index >= 15 is 0 Å². The molecule has 0 aromatic heterocycles. The Morgan fingerprint density at radius 1 is 1.19 bits per heavy atom. The van der Waals surface area contributed by atoms with Crippen LogP contribution < -0.4 is 11.1 Å². The van der Waals surface area contributed by atoms with E-state index in [9.17, 15) is 4.79 Å². The van der Waals surface area contributed by atoms with E-state index in [2.05, 4.69) is 26.4 Å². The van der Waals surface area contributed by atoms with Crippen molar-refractivity contribution in [3.8, 4) is 0 Å². The van der Waals surface area contributed by atoms with Gasteiger partial charge < -0.3 is 16.3 Å². The lowest BCUT2D eigenvalue weighted by Gasteiger charge is -2.09. The van der Waals surface area contributed by atoms with Gasteiger partial charge in [0.05, 0.1) is 5.69 Å². The first kappa shape index (κ1) is 15.1. The molecule has 1 amide bonds. The number of amides is 1. The molecule has 0 aliphatic heterocycles. The lowest BCUT2D eigenvalue weighted by Crippen LogP contribution is -2.15. The number of carbonyl (C=O) groups excluding carboxylic acids is 1. The summed E-state index contributed by atoms with van der Waals surface area (Å²) in [6.07, 6.45) is 0. The van der Waals surface area contributed by atoms with E-state index in [0.29, 0.717) is 16.8 Å². The van der Waals surface area contributed by atoms with Crippen LogP contribution in [0.2, 0.25) is 0 Å². The standard InChI is InChI=1S/C15H14BrN3O2/c1-9-2-7-12(16)13(8-9)18-15(20)11-5-3-10(4-6-11)14(17)19-21/h2-8,21H,1H3,(H2,17,19)(H,18,20). The lowest BCUT2D eigenvalue weighted by molar-refractivity contribution is 0.102. The summed E-state index contributed by atoms with van der Waals surface area (Å²) < 4.78 is 0.815. The number of rotatable bonds is 3. The van der Waals surface area contributed by atoms with Gasteiger partial charge in [0.1, 0.15) is 0 Å². The maximum atomic E-state index is 12.2. The van der Waals surface area contributed by atoms with Gasteiger partial charge in [-0.3, -0.25) is 4.79 Å². The summed E-state index contributed by atoms with van der Waals surface area (Å²) in [6.45, 7) is 1.95. The van der Waals surface area contributed by atoms with Crippen LogP contribution in [-0.2, 0) is 0 Å². The third-order valence-corrected chi connectivity index (χ3v) is 3.61. The van der Waals surface area contributed by atoms with Crippen LogP contribution in [0.15, 0.2) is 52.1 Å². The number of hydrogen-bond acceptors (Lipinski definition) is 3. The Balaban J connectivity index is 2.19. The molecule has 5 nitrogen and oxygen atoms in total. The molecule has 108 valence electrons. The molecule has 2 rings (SSSR count). The first-order chi connectivity index (χ1) is 10.0. The highest BCUT2D eigenvalue weighted by atomic mass is 79.9. The Kier molecular flexibility index (Phi) is 4.59. The zero-order valence-corrected chi connectivity index (χ0v) is 12.9. The molecule has 0 saturated heterocycles. The lowest BCUT2D eigenvalue weighted by atomic mass is 10.1. The zero-order valence-electron chi connectivity index (χ0n) is 11.3. The minimum Gasteiger partial charge on any atom is -0.409 e. The Bertz CT molecular complexity index is 697. The van der Waals surface area contributed by atoms with Crippen molar-refractivity contribution in [3.63, 3.8) is 0 Å². The van der Waals surface area contributed by atoms with Crippen molar-refractivity contribution in [2.45, 2.75) is 6.92 Å². The largest absolute Gasteiger partial charge is 0.409 e. The summed E-state index contributed by atoms with van der Waals surface area (Å²) in [5.74, 6) is -0.226. The van der Waals surface area contributed by atoms with Gasteiger partial charge in [-0.25, -0.2) is 0 Å². The number of halogens is 1. The van der Waals surface area contributed by atoms with Gasteiger partial charge in [-0.05, 0) is 52.7 Å². The van der Waals surface area contributed by atoms with Gasteiger partial charge in [0.25, 0.3) is 5.91 Å². The maximum Gasteiger partial charge on any atom is 0.255 e. The number of amidine groups is 1. The van der Waals surface area contributed by atoms with E-state index in [0.717, 1.165) is 10.0 Å². The van der Waals surface area contributed by atoms with Crippen LogP contribution in [0.4, 0.5) is 5.69 Å². The van der Waals surface area contributed by atoms with Crippen molar-refractivity contribution in [3.05, 3.63) is 63.6 Å². The fraction of sp³-hybridized carbons (Fsp3) is 0.0667. The van der Waals surface area contributed by atoms with Crippen LogP contribution in [0.3, 0.4) is 0 Å². The molecule has 21 heavy (non-hydrogen) atoms. The van der Waals surface area contributed by atoms with Crippen LogP contribution in [0.1, 0.15) is 21.5 Å². The third-order valence-electron chi connectivity index (χ3n) is 2.92. The average molecular weight is 348 g/mol. The van der Waals surface area contributed by atoms with Crippen LogP contribution in [0, 0.1) is 6.92 Å². The molecular formula is C15H14BrN3O2. The molecule has 4 N–H and O–H groups in total. The summed E-state index contributed by atoms with van der Waals surface area (Å²) in [4.78, 5) is 12.2. The fourth-order valence-corrected chi connectivity index (χ4v) is 2.13. The maximum absolute atomic E-state index is 12.2. The SMILES string of the molecule is Cc1ccc(Br)c(NC(=O)c2ccc(/C(N)=N/O)cc2)c1. The Hall–Kier alpha value is -2.34. The first-order valence-electron chi connectivity index (χ1n) is 6.16. The highest BCUT2D eigenvalue weighted by Crippen LogP contribution is 2.24. The predicted octanol–water partition coefficient (Wildman–Crippen LogP) is 3.10. The van der Waals surface area contributed by atoms with Crippen LogP contribution in [0.25, 0.3) is 0 Å². The van der Waals surface area contributed by atoms with Gasteiger partial charge >= 0.3 is 0 Å². The van der Waals surface area contributed by atoms with Gasteiger partial charge in [0.15, 0.2) is 5.84 Å². The number of nitrogens with two attached hydrogens (primary N) is 1. The molecule has 0 aliphatic rings. The van der Waals surface area contributed by atoms with Gasteiger partial charge in [-0.2, -0.15) is 0 Å². The highest BCUT2D eigenvalue weighted by Gasteiger charge is 2.09. The molecule has 6 heteroatoms. The van der Waals surface area contributed by atoms with Crippen molar-refractivity contribution in [2.24, 2.45) is 10.9 Å². The van der Waals surface area contributed by atoms with Crippen LogP contribution >= 0.6 is 15.9 Å². The summed E-state index contributed by atoms with van der Waals surface area (Å²) >= 11 is 3.40. The van der Waals surface area contributed by atoms with E-state index in [1.807, 2.05) is 25.1 Å². The zero-order chi connectivity index (χ0) is 15.4. The van der Waals surface area contributed by atoms with Gasteiger partial charge in [0.2, 0.25) is 0 Å². The second kappa shape index (κ2) is 6.41. The Morgan fingerprint density at radius 3 is 2.43 bits per heavy atom.